The molecule has 0 aliphatic heterocycles. The zero-order valence-corrected chi connectivity index (χ0v) is 15.9. The lowest BCUT2D eigenvalue weighted by molar-refractivity contribution is 0.405. The van der Waals surface area contributed by atoms with Crippen molar-refractivity contribution in [1.82, 2.24) is 14.9 Å². The van der Waals surface area contributed by atoms with Crippen LogP contribution in [0.1, 0.15) is 6.42 Å². The van der Waals surface area contributed by atoms with Crippen LogP contribution in [0, 0.1) is 0 Å². The topological polar surface area (TPSA) is 41.0 Å². The number of hydrogen-bond donors (Lipinski definition) is 1. The Balaban J connectivity index is 0.00000225. The molecule has 2 aromatic carbocycles. The van der Waals surface area contributed by atoms with Gasteiger partial charge in [0, 0.05) is 22.5 Å². The molecule has 0 fully saturated rings. The minimum atomic E-state index is 0. The molecule has 0 bridgehead atoms. The molecular weight excluding hydrogens is 355 g/mol. The fourth-order valence-electron chi connectivity index (χ4n) is 2.57. The van der Waals surface area contributed by atoms with Crippen LogP contribution in [0.5, 0.6) is 0 Å². The molecular formula is C19H22Cl2N4. The summed E-state index contributed by atoms with van der Waals surface area (Å²) in [6.45, 7) is 1.91. The minimum Gasteiger partial charge on any atom is -0.369 e. The van der Waals surface area contributed by atoms with E-state index in [1.807, 2.05) is 48.5 Å². The van der Waals surface area contributed by atoms with E-state index >= 15 is 0 Å². The smallest absolute Gasteiger partial charge is 0.162 e. The second-order valence-corrected chi connectivity index (χ2v) is 6.44. The molecule has 25 heavy (non-hydrogen) atoms. The average Bonchev–Trinajstić information content (AvgIpc) is 2.58. The highest BCUT2D eigenvalue weighted by Gasteiger charge is 2.09. The van der Waals surface area contributed by atoms with E-state index in [9.17, 15) is 0 Å². The van der Waals surface area contributed by atoms with Gasteiger partial charge in [0.05, 0.1) is 5.52 Å². The first-order chi connectivity index (χ1) is 11.6. The SMILES string of the molecule is CN(C)CCCNc1nc(-c2cccc(Cl)c2)nc2ccccc12.Cl. The molecule has 0 saturated carbocycles. The van der Waals surface area contributed by atoms with Crippen molar-refractivity contribution in [2.24, 2.45) is 0 Å². The number of hydrogen-bond acceptors (Lipinski definition) is 4. The van der Waals surface area contributed by atoms with Crippen LogP contribution < -0.4 is 5.32 Å². The average molecular weight is 377 g/mol. The summed E-state index contributed by atoms with van der Waals surface area (Å²) in [4.78, 5) is 11.6. The number of nitrogens with one attached hydrogen (secondary N) is 1. The first-order valence-electron chi connectivity index (χ1n) is 8.05. The highest BCUT2D eigenvalue weighted by atomic mass is 35.5. The van der Waals surface area contributed by atoms with Crippen LogP contribution >= 0.6 is 24.0 Å². The molecule has 6 heteroatoms. The number of nitrogens with zero attached hydrogens (tertiary/aromatic N) is 3. The van der Waals surface area contributed by atoms with Crippen LogP contribution in [0.2, 0.25) is 5.02 Å². The maximum atomic E-state index is 6.11. The van der Waals surface area contributed by atoms with Gasteiger partial charge in [0.25, 0.3) is 0 Å². The van der Waals surface area contributed by atoms with E-state index in [1.54, 1.807) is 0 Å². The highest BCUT2D eigenvalue weighted by molar-refractivity contribution is 6.30. The molecule has 0 aliphatic carbocycles. The summed E-state index contributed by atoms with van der Waals surface area (Å²) in [5.41, 5.74) is 1.85. The number of halogens is 2. The van der Waals surface area contributed by atoms with Gasteiger partial charge in [-0.1, -0.05) is 35.9 Å². The Morgan fingerprint density at radius 2 is 1.84 bits per heavy atom. The fourth-order valence-corrected chi connectivity index (χ4v) is 2.76. The number of benzene rings is 2. The third-order valence-corrected chi connectivity index (χ3v) is 4.00. The zero-order valence-electron chi connectivity index (χ0n) is 14.4. The van der Waals surface area contributed by atoms with E-state index in [-0.39, 0.29) is 12.4 Å². The third-order valence-electron chi connectivity index (χ3n) is 3.76. The van der Waals surface area contributed by atoms with E-state index in [4.69, 9.17) is 16.6 Å². The molecule has 132 valence electrons. The standard InChI is InChI=1S/C19H21ClN4.ClH/c1-24(2)12-6-11-21-19-16-9-3-4-10-17(16)22-18(23-19)14-7-5-8-15(20)13-14;/h3-5,7-10,13H,6,11-12H2,1-2H3,(H,21,22,23);1H. The van der Waals surface area contributed by atoms with Gasteiger partial charge in [0.15, 0.2) is 5.82 Å². The van der Waals surface area contributed by atoms with Gasteiger partial charge in [0.1, 0.15) is 5.82 Å². The van der Waals surface area contributed by atoms with Gasteiger partial charge in [-0.05, 0) is 51.3 Å². The van der Waals surface area contributed by atoms with Crippen molar-refractivity contribution in [2.45, 2.75) is 6.42 Å². The van der Waals surface area contributed by atoms with Crippen molar-refractivity contribution >= 4 is 40.7 Å². The number of anilines is 1. The molecule has 3 aromatic rings. The Hall–Kier alpha value is -1.88. The molecule has 1 aromatic heterocycles. The Bertz CT molecular complexity index is 837. The summed E-state index contributed by atoms with van der Waals surface area (Å²) < 4.78 is 0. The summed E-state index contributed by atoms with van der Waals surface area (Å²) in [6.07, 6.45) is 1.05. The van der Waals surface area contributed by atoms with Crippen LogP contribution in [0.15, 0.2) is 48.5 Å². The second kappa shape index (κ2) is 8.99. The van der Waals surface area contributed by atoms with E-state index in [0.717, 1.165) is 41.8 Å². The monoisotopic (exact) mass is 376 g/mol. The van der Waals surface area contributed by atoms with E-state index < -0.39 is 0 Å². The summed E-state index contributed by atoms with van der Waals surface area (Å²) in [6, 6.07) is 15.7. The highest BCUT2D eigenvalue weighted by Crippen LogP contribution is 2.26. The predicted molar refractivity (Wildman–Crippen MR) is 109 cm³/mol. The molecule has 1 heterocycles. The number of aromatic nitrogens is 2. The molecule has 3 rings (SSSR count). The lowest BCUT2D eigenvalue weighted by Gasteiger charge is -2.13. The first-order valence-corrected chi connectivity index (χ1v) is 8.42. The van der Waals surface area contributed by atoms with Gasteiger partial charge in [0.2, 0.25) is 0 Å². The number of fused-ring (bicyclic) bond motifs is 1. The number of rotatable bonds is 6. The molecule has 0 unspecified atom stereocenters. The van der Waals surface area contributed by atoms with Gasteiger partial charge < -0.3 is 10.2 Å². The maximum absolute atomic E-state index is 6.11. The Morgan fingerprint density at radius 3 is 2.60 bits per heavy atom. The largest absolute Gasteiger partial charge is 0.369 e. The van der Waals surface area contributed by atoms with Crippen molar-refractivity contribution in [1.29, 1.82) is 0 Å². The lowest BCUT2D eigenvalue weighted by atomic mass is 10.2. The molecule has 0 saturated heterocycles. The van der Waals surface area contributed by atoms with Crippen molar-refractivity contribution in [3.05, 3.63) is 53.6 Å². The molecule has 4 nitrogen and oxygen atoms in total. The Morgan fingerprint density at radius 1 is 1.04 bits per heavy atom. The predicted octanol–water partition coefficient (Wildman–Crippen LogP) is 4.74. The summed E-state index contributed by atoms with van der Waals surface area (Å²) in [7, 11) is 4.16. The number of para-hydroxylation sites is 1. The lowest BCUT2D eigenvalue weighted by Crippen LogP contribution is -2.16. The summed E-state index contributed by atoms with van der Waals surface area (Å²) in [5.74, 6) is 1.56. The minimum absolute atomic E-state index is 0. The van der Waals surface area contributed by atoms with Gasteiger partial charge in [-0.2, -0.15) is 0 Å². The van der Waals surface area contributed by atoms with Crippen LogP contribution in [0.3, 0.4) is 0 Å². The fraction of sp³-hybridized carbons (Fsp3) is 0.263. The molecule has 0 radical (unpaired) electrons. The van der Waals surface area contributed by atoms with Gasteiger partial charge in [-0.15, -0.1) is 12.4 Å². The quantitative estimate of drug-likeness (QED) is 0.631. The maximum Gasteiger partial charge on any atom is 0.162 e. The summed E-state index contributed by atoms with van der Waals surface area (Å²) >= 11 is 6.11. The Kier molecular flexibility index (Phi) is 7.00. The van der Waals surface area contributed by atoms with Crippen LogP contribution in [-0.4, -0.2) is 42.1 Å². The summed E-state index contributed by atoms with van der Waals surface area (Å²) in [5, 5.41) is 5.18. The van der Waals surface area contributed by atoms with Gasteiger partial charge >= 0.3 is 0 Å². The molecule has 0 spiro atoms. The van der Waals surface area contributed by atoms with Gasteiger partial charge in [-0.25, -0.2) is 9.97 Å². The van der Waals surface area contributed by atoms with E-state index in [0.29, 0.717) is 10.8 Å². The van der Waals surface area contributed by atoms with Crippen molar-refractivity contribution in [3.8, 4) is 11.4 Å². The third kappa shape index (κ3) is 5.05. The van der Waals surface area contributed by atoms with E-state index in [2.05, 4.69) is 29.3 Å². The zero-order chi connectivity index (χ0) is 16.9. The van der Waals surface area contributed by atoms with Crippen molar-refractivity contribution in [2.75, 3.05) is 32.5 Å². The van der Waals surface area contributed by atoms with Crippen LogP contribution in [-0.2, 0) is 0 Å². The molecule has 0 amide bonds. The molecule has 0 aliphatic rings. The van der Waals surface area contributed by atoms with Crippen LogP contribution in [0.4, 0.5) is 5.82 Å². The van der Waals surface area contributed by atoms with Gasteiger partial charge in [-0.3, -0.25) is 0 Å². The van der Waals surface area contributed by atoms with E-state index in [1.165, 1.54) is 0 Å². The molecule has 1 N–H and O–H groups in total. The normalized spacial score (nSPS) is 10.7. The second-order valence-electron chi connectivity index (χ2n) is 6.01. The molecule has 0 atom stereocenters. The Labute approximate surface area is 159 Å². The van der Waals surface area contributed by atoms with Crippen LogP contribution in [0.25, 0.3) is 22.3 Å². The first kappa shape index (κ1) is 19.4. The van der Waals surface area contributed by atoms with Crippen molar-refractivity contribution in [3.63, 3.8) is 0 Å². The van der Waals surface area contributed by atoms with Crippen molar-refractivity contribution < 1.29 is 0 Å².